The van der Waals surface area contributed by atoms with Crippen molar-refractivity contribution in [1.82, 2.24) is 30.1 Å². The van der Waals surface area contributed by atoms with E-state index in [0.717, 1.165) is 17.3 Å². The number of nitrogen functional groups attached to an aromatic ring is 1. The van der Waals surface area contributed by atoms with Crippen LogP contribution in [0.5, 0.6) is 5.88 Å². The molecule has 15 heteroatoms. The number of ether oxygens (including phenoxy) is 1. The van der Waals surface area contributed by atoms with Crippen LogP contribution in [0.4, 0.5) is 20.3 Å². The third-order valence-electron chi connectivity index (χ3n) is 4.98. The summed E-state index contributed by atoms with van der Waals surface area (Å²) < 4.78 is 34.6. The van der Waals surface area contributed by atoms with Crippen molar-refractivity contribution in [2.24, 2.45) is 5.92 Å². The number of aromatic nitrogens is 6. The van der Waals surface area contributed by atoms with E-state index in [9.17, 15) is 23.2 Å². The smallest absolute Gasteiger partial charge is 0.325 e. The van der Waals surface area contributed by atoms with Gasteiger partial charge in [-0.15, -0.1) is 0 Å². The van der Waals surface area contributed by atoms with Crippen molar-refractivity contribution in [2.45, 2.75) is 5.92 Å². The van der Waals surface area contributed by atoms with Crippen LogP contribution in [0, 0.1) is 17.2 Å². The Kier molecular flexibility index (Phi) is 5.34. The molecule has 0 spiro atoms. The van der Waals surface area contributed by atoms with Crippen LogP contribution >= 0.6 is 0 Å². The molecule has 13 nitrogen and oxygen atoms in total. The Morgan fingerprint density at radius 3 is 2.82 bits per heavy atom. The fraction of sp³-hybridized carbons (Fsp3) is 0.278. The number of nitrogens with zero attached hydrogens (tertiary/aromatic N) is 5. The van der Waals surface area contributed by atoms with Crippen molar-refractivity contribution in [3.8, 4) is 23.2 Å². The highest BCUT2D eigenvalue weighted by atomic mass is 19.3. The van der Waals surface area contributed by atoms with Gasteiger partial charge < -0.3 is 20.4 Å². The Morgan fingerprint density at radius 2 is 2.12 bits per heavy atom. The zero-order valence-corrected chi connectivity index (χ0v) is 16.6. The number of nitrogens with one attached hydrogen (secondary N) is 3. The molecule has 3 aromatic heterocycles. The lowest BCUT2D eigenvalue weighted by atomic mass is 10.1. The van der Waals surface area contributed by atoms with E-state index in [0.29, 0.717) is 0 Å². The van der Waals surface area contributed by atoms with E-state index in [1.807, 2.05) is 4.98 Å². The molecule has 1 fully saturated rings. The van der Waals surface area contributed by atoms with E-state index >= 15 is 0 Å². The molecule has 1 aliphatic heterocycles. The molecule has 0 aromatic carbocycles. The average Bonchev–Trinajstić information content (AvgIpc) is 3.07. The summed E-state index contributed by atoms with van der Waals surface area (Å²) in [6.07, 6.45) is 2.20. The lowest BCUT2D eigenvalue weighted by molar-refractivity contribution is -0.0359. The van der Waals surface area contributed by atoms with Gasteiger partial charge in [0.2, 0.25) is 5.88 Å². The van der Waals surface area contributed by atoms with E-state index in [1.54, 1.807) is 6.07 Å². The van der Waals surface area contributed by atoms with Gasteiger partial charge in [-0.25, -0.2) is 23.7 Å². The highest BCUT2D eigenvalue weighted by Gasteiger charge is 2.49. The molecule has 4 rings (SSSR count). The monoisotopic (exact) mass is 459 g/mol. The predicted molar refractivity (Wildman–Crippen MR) is 109 cm³/mol. The molecular formula is C18H15F2N9O4. The summed E-state index contributed by atoms with van der Waals surface area (Å²) in [7, 11) is 0. The van der Waals surface area contributed by atoms with Gasteiger partial charge in [-0.3, -0.25) is 14.6 Å². The molecule has 1 unspecified atom stereocenters. The quantitative estimate of drug-likeness (QED) is 0.375. The summed E-state index contributed by atoms with van der Waals surface area (Å²) in [6.45, 7) is -1.49. The number of anilines is 2. The second-order valence-corrected chi connectivity index (χ2v) is 7.16. The van der Waals surface area contributed by atoms with E-state index < -0.39 is 41.8 Å². The van der Waals surface area contributed by atoms with Crippen LogP contribution in [0.3, 0.4) is 0 Å². The molecule has 3 aromatic rings. The minimum atomic E-state index is -3.23. The molecule has 0 bridgehead atoms. The molecule has 33 heavy (non-hydrogen) atoms. The molecule has 1 aliphatic rings. The van der Waals surface area contributed by atoms with Crippen LogP contribution in [0.15, 0.2) is 32.8 Å². The summed E-state index contributed by atoms with van der Waals surface area (Å²) in [4.78, 5) is 48.5. The van der Waals surface area contributed by atoms with Crippen molar-refractivity contribution in [3.63, 3.8) is 0 Å². The topological polar surface area (TPSA) is 200 Å². The number of rotatable bonds is 5. The molecule has 170 valence electrons. The standard InChI is InChI=1S/C18H15F2N9O4/c19-18(20)7-29(5-8(18)6-33-13-4-23-11(2-21)14(22)25-13)12-1-10(27-28-16(12)31)9-3-24-17(32)26-15(9)30/h1,3-4,8H,5-7H2,(H2,22,25)(H,28,31)(H2,24,26,30,32). The van der Waals surface area contributed by atoms with Gasteiger partial charge >= 0.3 is 5.69 Å². The maximum atomic E-state index is 14.7. The molecule has 1 saturated heterocycles. The van der Waals surface area contributed by atoms with Gasteiger partial charge in [-0.1, -0.05) is 0 Å². The summed E-state index contributed by atoms with van der Waals surface area (Å²) in [6, 6.07) is 2.92. The van der Waals surface area contributed by atoms with E-state index in [-0.39, 0.29) is 40.9 Å². The molecular weight excluding hydrogens is 444 g/mol. The van der Waals surface area contributed by atoms with Crippen LogP contribution in [0.2, 0.25) is 0 Å². The Bertz CT molecular complexity index is 1430. The maximum absolute atomic E-state index is 14.7. The second kappa shape index (κ2) is 8.15. The molecule has 1 atom stereocenters. The van der Waals surface area contributed by atoms with E-state index in [1.165, 1.54) is 6.07 Å². The number of halogens is 2. The van der Waals surface area contributed by atoms with Crippen molar-refractivity contribution in [2.75, 3.05) is 30.3 Å². The van der Waals surface area contributed by atoms with Gasteiger partial charge in [0.25, 0.3) is 17.0 Å². The van der Waals surface area contributed by atoms with Gasteiger partial charge in [-0.05, 0) is 6.07 Å². The largest absolute Gasteiger partial charge is 0.476 e. The molecule has 0 saturated carbocycles. The summed E-state index contributed by atoms with van der Waals surface area (Å²) in [5.74, 6) is -4.86. The third-order valence-corrected chi connectivity index (χ3v) is 4.98. The highest BCUT2D eigenvalue weighted by Crippen LogP contribution is 2.35. The normalized spacial score (nSPS) is 17.0. The second-order valence-electron chi connectivity index (χ2n) is 7.16. The Morgan fingerprint density at radius 1 is 1.33 bits per heavy atom. The number of alkyl halides is 2. The minimum Gasteiger partial charge on any atom is -0.476 e. The molecule has 5 N–H and O–H groups in total. The van der Waals surface area contributed by atoms with Crippen molar-refractivity contribution in [1.29, 1.82) is 5.26 Å². The lowest BCUT2D eigenvalue weighted by Gasteiger charge is -2.17. The van der Waals surface area contributed by atoms with Gasteiger partial charge in [0.05, 0.1) is 29.9 Å². The average molecular weight is 459 g/mol. The first-order valence-corrected chi connectivity index (χ1v) is 9.38. The van der Waals surface area contributed by atoms with Gasteiger partial charge in [0.1, 0.15) is 18.4 Å². The first-order valence-electron chi connectivity index (χ1n) is 9.38. The number of H-pyrrole nitrogens is 3. The first kappa shape index (κ1) is 21.6. The molecule has 0 amide bonds. The SMILES string of the molecule is N#Cc1ncc(OCC2CN(c3cc(-c4c[nH]c(=O)[nH]c4=O)n[nH]c3=O)CC2(F)F)nc1N. The van der Waals surface area contributed by atoms with Crippen LogP contribution in [0.25, 0.3) is 11.3 Å². The Hall–Kier alpha value is -4.61. The van der Waals surface area contributed by atoms with Gasteiger partial charge in [0, 0.05) is 12.7 Å². The Labute approximate surface area is 181 Å². The minimum absolute atomic E-state index is 0.0200. The maximum Gasteiger partial charge on any atom is 0.325 e. The van der Waals surface area contributed by atoms with Crippen LogP contribution < -0.4 is 32.2 Å². The van der Waals surface area contributed by atoms with Gasteiger partial charge in [-0.2, -0.15) is 15.3 Å². The van der Waals surface area contributed by atoms with Crippen molar-refractivity contribution < 1.29 is 13.5 Å². The van der Waals surface area contributed by atoms with E-state index in [2.05, 4.69) is 25.1 Å². The fourth-order valence-corrected chi connectivity index (χ4v) is 3.30. The number of aromatic amines is 3. The number of hydrogen-bond acceptors (Lipinski definition) is 10. The van der Waals surface area contributed by atoms with Gasteiger partial charge in [0.15, 0.2) is 11.5 Å². The van der Waals surface area contributed by atoms with Crippen molar-refractivity contribution >= 4 is 11.5 Å². The predicted octanol–water partition coefficient (Wildman–Crippen LogP) is -0.792. The van der Waals surface area contributed by atoms with Crippen molar-refractivity contribution in [3.05, 3.63) is 55.3 Å². The van der Waals surface area contributed by atoms with Crippen LogP contribution in [0.1, 0.15) is 5.69 Å². The van der Waals surface area contributed by atoms with E-state index in [4.69, 9.17) is 15.7 Å². The molecule has 4 heterocycles. The zero-order valence-electron chi connectivity index (χ0n) is 16.6. The van der Waals surface area contributed by atoms with Crippen LogP contribution in [-0.2, 0) is 0 Å². The molecule has 0 aliphatic carbocycles. The van der Waals surface area contributed by atoms with Crippen LogP contribution in [-0.4, -0.2) is 55.8 Å². The number of nitrogens with two attached hydrogens (primary N) is 1. The number of hydrogen-bond donors (Lipinski definition) is 4. The first-order chi connectivity index (χ1) is 15.7. The molecule has 0 radical (unpaired) electrons. The summed E-state index contributed by atoms with van der Waals surface area (Å²) in [5, 5.41) is 14.7. The summed E-state index contributed by atoms with van der Waals surface area (Å²) in [5.41, 5.74) is 2.99. The lowest BCUT2D eigenvalue weighted by Crippen LogP contribution is -2.32. The Balaban J connectivity index is 1.55. The third kappa shape index (κ3) is 4.26. The zero-order chi connectivity index (χ0) is 23.8. The highest BCUT2D eigenvalue weighted by molar-refractivity contribution is 5.62. The summed E-state index contributed by atoms with van der Waals surface area (Å²) >= 11 is 0. The number of nitriles is 1. The fourth-order valence-electron chi connectivity index (χ4n) is 3.30.